The van der Waals surface area contributed by atoms with Gasteiger partial charge in [0.25, 0.3) is 0 Å². The first kappa shape index (κ1) is 125. The summed E-state index contributed by atoms with van der Waals surface area (Å²) in [6, 6.07) is -2.89. The molecule has 0 aromatic rings. The van der Waals surface area contributed by atoms with Crippen molar-refractivity contribution in [3.05, 3.63) is 0 Å². The van der Waals surface area contributed by atoms with Crippen molar-refractivity contribution < 1.29 is 134 Å². The fourth-order valence-electron chi connectivity index (χ4n) is 12.8. The second kappa shape index (κ2) is 89.6. The van der Waals surface area contributed by atoms with Gasteiger partial charge in [-0.15, -0.1) is 5.10 Å². The number of rotatable bonds is 91. The van der Waals surface area contributed by atoms with Gasteiger partial charge in [-0.05, 0) is 104 Å². The number of carbonyl (C=O) groups is 15. The van der Waals surface area contributed by atoms with E-state index in [0.717, 1.165) is 134 Å². The number of hydrogen-bond acceptors (Lipinski definition) is 28. The van der Waals surface area contributed by atoms with E-state index in [1.165, 1.54) is 90.9 Å². The number of nitrogens with zero attached hydrogens (tertiary/aromatic N) is 3. The van der Waals surface area contributed by atoms with Gasteiger partial charge in [0.15, 0.2) is 15.6 Å². The molecule has 0 saturated heterocycles. The van der Waals surface area contributed by atoms with E-state index in [-0.39, 0.29) is 240 Å². The largest absolute Gasteiger partial charge is 0.481 e. The molecule has 3 atom stereocenters. The van der Waals surface area contributed by atoms with Crippen LogP contribution < -0.4 is 42.7 Å². The van der Waals surface area contributed by atoms with Crippen LogP contribution in [0.25, 0.3) is 0 Å². The van der Waals surface area contributed by atoms with E-state index >= 15 is 0 Å². The van der Waals surface area contributed by atoms with Crippen molar-refractivity contribution in [2.75, 3.05) is 143 Å². The van der Waals surface area contributed by atoms with Gasteiger partial charge in [-0.2, -0.15) is 5.11 Å². The lowest BCUT2D eigenvalue weighted by Crippen LogP contribution is -2.41. The van der Waals surface area contributed by atoms with Crippen molar-refractivity contribution in [2.45, 2.75) is 342 Å². The van der Waals surface area contributed by atoms with Crippen LogP contribution in [0.15, 0.2) is 15.4 Å². The monoisotopic (exact) mass is 1890 g/mol. The number of unbranched alkanes of at least 4 members (excludes halogenated alkanes) is 30. The van der Waals surface area contributed by atoms with Gasteiger partial charge >= 0.3 is 17.9 Å². The summed E-state index contributed by atoms with van der Waals surface area (Å²) in [6.07, 6.45) is 38.7. The number of hydrogen-bond donors (Lipinski definition) is 11. The van der Waals surface area contributed by atoms with E-state index in [1.54, 1.807) is 13.8 Å². The average molecular weight is 1890 g/mol. The molecule has 0 bridgehead atoms. The van der Waals surface area contributed by atoms with E-state index in [4.69, 9.17) is 43.1 Å². The summed E-state index contributed by atoms with van der Waals surface area (Å²) in [6.45, 7) is 11.3. The molecule has 1 rings (SSSR count). The van der Waals surface area contributed by atoms with E-state index < -0.39 is 57.7 Å². The molecule has 1 aliphatic heterocycles. The highest BCUT2D eigenvalue weighted by Gasteiger charge is 2.24. The minimum atomic E-state index is -3.36. The molecule has 1 heterocycles. The summed E-state index contributed by atoms with van der Waals surface area (Å²) in [5.74, 6) is -6.58. The van der Waals surface area contributed by atoms with Gasteiger partial charge in [0, 0.05) is 77.5 Å². The Labute approximate surface area is 777 Å². The molecule has 11 N–H and O–H groups in total. The lowest BCUT2D eigenvalue weighted by atomic mass is 10.0. The topological polar surface area (TPSA) is 558 Å². The van der Waals surface area contributed by atoms with Gasteiger partial charge in [0.05, 0.1) is 90.2 Å². The van der Waals surface area contributed by atoms with Gasteiger partial charge in [0.2, 0.25) is 47.3 Å². The van der Waals surface area contributed by atoms with Crippen molar-refractivity contribution in [1.82, 2.24) is 42.7 Å². The van der Waals surface area contributed by atoms with Crippen LogP contribution in [0, 0.1) is 0 Å². The van der Waals surface area contributed by atoms with Crippen LogP contribution in [0.2, 0.25) is 0 Å². The number of carboxylic acids is 3. The fourth-order valence-corrected chi connectivity index (χ4v) is 14.1. The average Bonchev–Trinajstić information content (AvgIpc) is 1.51. The van der Waals surface area contributed by atoms with E-state index in [0.29, 0.717) is 45.2 Å². The van der Waals surface area contributed by atoms with Crippen LogP contribution in [0.1, 0.15) is 324 Å². The number of Topliss-reactive ketones (excluding diaryl/α,β-unsaturated/α-hetero) is 4. The molecule has 0 saturated carbocycles. The minimum absolute atomic E-state index is 0.0159. The molecule has 0 fully saturated rings. The highest BCUT2D eigenvalue weighted by Crippen LogP contribution is 2.18. The van der Waals surface area contributed by atoms with Gasteiger partial charge < -0.3 is 95.3 Å². The highest BCUT2D eigenvalue weighted by molar-refractivity contribution is 7.92. The number of ketones is 4. The Kier molecular flexibility index (Phi) is 85.4. The Morgan fingerprint density at radius 3 is 1.08 bits per heavy atom. The molecular weight excluding hydrogens is 1730 g/mol. The fraction of sp³-hybridized carbons (Fsp3) is 0.824. The van der Waals surface area contributed by atoms with E-state index in [2.05, 4.69) is 58.1 Å². The number of aliphatic carboxylic acids is 3. The van der Waals surface area contributed by atoms with Crippen molar-refractivity contribution in [3.8, 4) is 0 Å². The lowest BCUT2D eigenvalue weighted by Gasteiger charge is -2.14. The van der Waals surface area contributed by atoms with Crippen LogP contribution in [-0.2, 0) is 120 Å². The van der Waals surface area contributed by atoms with Gasteiger partial charge in [-0.1, -0.05) is 173 Å². The quantitative estimate of drug-likeness (QED) is 0.0199. The zero-order valence-electron chi connectivity index (χ0n) is 79.4. The zero-order valence-corrected chi connectivity index (χ0v) is 80.2. The number of amides is 8. The number of carbonyl (C=O) groups excluding carboxylic acids is 12. The van der Waals surface area contributed by atoms with Gasteiger partial charge in [0.1, 0.15) is 68.2 Å². The third kappa shape index (κ3) is 92.0. The molecule has 39 nitrogen and oxygen atoms in total. The predicted molar refractivity (Wildman–Crippen MR) is 493 cm³/mol. The first-order chi connectivity index (χ1) is 63.0. The first-order valence-electron chi connectivity index (χ1n) is 47.7. The maximum atomic E-state index is 12.2. The normalized spacial score (nSPS) is 12.2. The van der Waals surface area contributed by atoms with Crippen molar-refractivity contribution in [1.29, 1.82) is 0 Å². The van der Waals surface area contributed by atoms with Crippen LogP contribution in [0.3, 0.4) is 0 Å². The smallest absolute Gasteiger partial charge is 0.326 e. The number of hydroxylamine groups is 1. The van der Waals surface area contributed by atoms with Gasteiger partial charge in [-0.3, -0.25) is 57.6 Å². The summed E-state index contributed by atoms with van der Waals surface area (Å²) < 4.78 is 60.4. The molecule has 0 spiro atoms. The first-order valence-corrected chi connectivity index (χ1v) is 49.5. The molecule has 0 aromatic heterocycles. The molecule has 131 heavy (non-hydrogen) atoms. The van der Waals surface area contributed by atoms with Crippen LogP contribution in [0.5, 0.6) is 0 Å². The molecular formula is C91H163N11O28S. The van der Waals surface area contributed by atoms with Crippen molar-refractivity contribution in [2.24, 2.45) is 15.4 Å². The Morgan fingerprint density at radius 1 is 0.359 bits per heavy atom. The third-order valence-corrected chi connectivity index (χ3v) is 21.9. The molecule has 8 amide bonds. The summed E-state index contributed by atoms with van der Waals surface area (Å²) in [7, 11) is -3.36. The second-order valence-electron chi connectivity index (χ2n) is 32.6. The Morgan fingerprint density at radius 2 is 0.702 bits per heavy atom. The maximum absolute atomic E-state index is 12.2. The number of ether oxygens (including phenoxy) is 7. The van der Waals surface area contributed by atoms with E-state index in [1.807, 2.05) is 6.92 Å². The standard InChI is InChI=1S/C35H62N4O13.C32H58N4O11.C24H43N3O4S/c1-27(28(2)40)38-33(44)26-52-24-22-50-20-18-37-32(43)25-51-23-21-49-19-17-36-30(41)16-15-29(35(47)48)39-31(42)13-11-9-7-5-3-4-6-8-10-12-14-34(45)46;1-3-33-30(40)24-45-21-20-44-19-18-34-31(41)25-46-22-23-47-36-29(39)17-16-27(32(42)43)35-28(38)15-13-11-9-7-5-4-6-8-10-12-14-26(2)37;1-22(28)16-15-19-32(30,31)21-24(29)18-14-12-10-8-6-4-2-3-5-7-9-11-13-17-23-20-25-27-26-23/h27,29H,3-26H2,1-2H3,(H,36,41)(H,37,43)(H,38,44)(H,39,42)(H,45,46)(H,47,48);27H,3-25H2,1-2H3,(H,33,40)(H,34,41)(H,35,38)(H,36,39)(H,42,43);2-21H2,1H3. The minimum Gasteiger partial charge on any atom is -0.481 e. The van der Waals surface area contributed by atoms with Crippen LogP contribution in [0.4, 0.5) is 0 Å². The summed E-state index contributed by atoms with van der Waals surface area (Å²) in [5, 5.41) is 57.0. The number of carboxylic acid groups (broad SMARTS) is 3. The highest BCUT2D eigenvalue weighted by atomic mass is 32.2. The van der Waals surface area contributed by atoms with Crippen LogP contribution in [-0.4, -0.2) is 279 Å². The molecule has 756 valence electrons. The Balaban J connectivity index is 0. The predicted octanol–water partition coefficient (Wildman–Crippen LogP) is 9.46. The molecule has 3 unspecified atom stereocenters. The van der Waals surface area contributed by atoms with Gasteiger partial charge in [-0.25, -0.2) is 23.5 Å². The third-order valence-electron chi connectivity index (χ3n) is 20.2. The van der Waals surface area contributed by atoms with Crippen molar-refractivity contribution >= 4 is 104 Å². The molecule has 40 heteroatoms. The Hall–Kier alpha value is -8.25. The lowest BCUT2D eigenvalue weighted by molar-refractivity contribution is -0.143. The summed E-state index contributed by atoms with van der Waals surface area (Å²) >= 11 is 0. The number of nitrogens with one attached hydrogen (secondary N) is 8. The van der Waals surface area contributed by atoms with Crippen LogP contribution >= 0.6 is 0 Å². The van der Waals surface area contributed by atoms with E-state index in [9.17, 15) is 90.5 Å². The SMILES string of the molecule is CC(=O)C(C)NC(=O)COCCOCCNC(=O)COCCOCCNC(=O)CCC(NC(=O)CCCCCCCCCCCCC(=O)O)C(=O)O.CC(=O)CCCS(=O)(=O)CC(=O)CCCCCCCCCCCCCCCC1=NN=NC1.CCNC(=O)COCCOCCNC(=O)COCCONC(=O)CCC(NC(=O)CCCCCCCCCCCCC(C)=O)C(=O)O. The summed E-state index contributed by atoms with van der Waals surface area (Å²) in [4.78, 5) is 178. The molecule has 0 aromatic carbocycles. The molecule has 0 aliphatic carbocycles. The zero-order chi connectivity index (χ0) is 97.3. The van der Waals surface area contributed by atoms with Crippen molar-refractivity contribution in [3.63, 3.8) is 0 Å². The Bertz CT molecular complexity index is 3300. The summed E-state index contributed by atoms with van der Waals surface area (Å²) in [5.41, 5.74) is 3.31. The maximum Gasteiger partial charge on any atom is 0.326 e. The number of likely N-dealkylation sites (N-methyl/N-ethyl adjacent to an activating group) is 1. The molecule has 1 aliphatic rings. The second-order valence-corrected chi connectivity index (χ2v) is 34.8. The number of sulfone groups is 1. The molecule has 0 radical (unpaired) electrons.